The van der Waals surface area contributed by atoms with Crippen LogP contribution in [0.2, 0.25) is 12.1 Å². The highest BCUT2D eigenvalue weighted by Gasteiger charge is 2.31. The highest BCUT2D eigenvalue weighted by Crippen LogP contribution is 2.21. The van der Waals surface area contributed by atoms with Crippen molar-refractivity contribution in [3.05, 3.63) is 12.2 Å². The second-order valence-corrected chi connectivity index (χ2v) is 9.05. The van der Waals surface area contributed by atoms with Crippen molar-refractivity contribution in [3.63, 3.8) is 0 Å². The number of rotatable bonds is 6. The van der Waals surface area contributed by atoms with Crippen LogP contribution in [0.4, 0.5) is 0 Å². The molecule has 4 heteroatoms. The summed E-state index contributed by atoms with van der Waals surface area (Å²) >= 11 is 6.44. The smallest absolute Gasteiger partial charge is 0.255 e. The van der Waals surface area contributed by atoms with Gasteiger partial charge in [0, 0.05) is 5.57 Å². The van der Waals surface area contributed by atoms with Gasteiger partial charge >= 0.3 is 0 Å². The molecule has 0 aromatic rings. The molecule has 0 aliphatic carbocycles. The van der Waals surface area contributed by atoms with E-state index < -0.39 is 7.55 Å². The van der Waals surface area contributed by atoms with Crippen molar-refractivity contribution < 1.29 is 4.79 Å². The molecule has 1 amide bonds. The van der Waals surface area contributed by atoms with Crippen LogP contribution >= 0.6 is 11.1 Å². The van der Waals surface area contributed by atoms with Crippen LogP contribution in [-0.4, -0.2) is 13.5 Å². The number of halogens is 1. The number of carbonyl (C=O) groups excluding carboxylic acids is 1. The molecule has 2 nitrogen and oxygen atoms in total. The van der Waals surface area contributed by atoms with Crippen LogP contribution < -0.4 is 4.98 Å². The van der Waals surface area contributed by atoms with Gasteiger partial charge in [-0.1, -0.05) is 33.3 Å². The molecule has 0 aromatic carbocycles. The van der Waals surface area contributed by atoms with E-state index in [2.05, 4.69) is 25.4 Å². The maximum absolute atomic E-state index is 11.4. The summed E-state index contributed by atoms with van der Waals surface area (Å²) in [5, 5.41) is 0. The summed E-state index contributed by atoms with van der Waals surface area (Å²) in [6.45, 7) is 9.50. The van der Waals surface area contributed by atoms with Gasteiger partial charge in [-0.05, 0) is 19.0 Å². The van der Waals surface area contributed by atoms with Crippen LogP contribution in [0.5, 0.6) is 0 Å². The van der Waals surface area contributed by atoms with Gasteiger partial charge in [-0.25, -0.2) is 0 Å². The van der Waals surface area contributed by atoms with Gasteiger partial charge in [-0.2, -0.15) is 0 Å². The Balaban J connectivity index is 4.35. The van der Waals surface area contributed by atoms with Gasteiger partial charge in [0.25, 0.3) is 7.55 Å². The third kappa shape index (κ3) is 4.82. The summed E-state index contributed by atoms with van der Waals surface area (Å²) in [6, 6.07) is 1.86. The number of nitrogens with one attached hydrogen (secondary N) is 1. The standard InChI is InChI=1S/C10H20ClNOSi/c1-5-7-14(11,8-6-2)12-10(13)9(3)4/h3,5-8H2,1-2,4H3,(H,12,13). The molecule has 1 N–H and O–H groups in total. The van der Waals surface area contributed by atoms with Crippen molar-refractivity contribution >= 4 is 24.5 Å². The van der Waals surface area contributed by atoms with E-state index in [-0.39, 0.29) is 5.91 Å². The third-order valence-electron chi connectivity index (χ3n) is 2.02. The Morgan fingerprint density at radius 1 is 1.36 bits per heavy atom. The molecule has 0 bridgehead atoms. The topological polar surface area (TPSA) is 29.1 Å². The van der Waals surface area contributed by atoms with Crippen molar-refractivity contribution in [2.75, 3.05) is 0 Å². The minimum atomic E-state index is -2.06. The van der Waals surface area contributed by atoms with Gasteiger partial charge in [0.15, 0.2) is 0 Å². The van der Waals surface area contributed by atoms with Crippen LogP contribution in [-0.2, 0) is 4.79 Å². The molecule has 0 aliphatic rings. The van der Waals surface area contributed by atoms with Crippen molar-refractivity contribution in [2.24, 2.45) is 0 Å². The molecule has 0 aliphatic heterocycles. The van der Waals surface area contributed by atoms with E-state index in [1.165, 1.54) is 0 Å². The maximum atomic E-state index is 11.4. The molecule has 0 rings (SSSR count). The Labute approximate surface area is 92.5 Å². The van der Waals surface area contributed by atoms with Crippen molar-refractivity contribution in [2.45, 2.75) is 45.7 Å². The summed E-state index contributed by atoms with van der Waals surface area (Å²) in [5.74, 6) is -0.0893. The first-order valence-corrected chi connectivity index (χ1v) is 8.54. The maximum Gasteiger partial charge on any atom is 0.255 e. The monoisotopic (exact) mass is 233 g/mol. The zero-order chi connectivity index (χ0) is 11.2. The lowest BCUT2D eigenvalue weighted by Crippen LogP contribution is -2.48. The van der Waals surface area contributed by atoms with Crippen LogP contribution in [0, 0.1) is 0 Å². The number of carbonyl (C=O) groups is 1. The van der Waals surface area contributed by atoms with Gasteiger partial charge in [0.2, 0.25) is 5.91 Å². The molecular weight excluding hydrogens is 214 g/mol. The van der Waals surface area contributed by atoms with Gasteiger partial charge in [0.1, 0.15) is 0 Å². The van der Waals surface area contributed by atoms with Crippen LogP contribution in [0.15, 0.2) is 12.2 Å². The first-order chi connectivity index (χ1) is 6.45. The predicted molar refractivity (Wildman–Crippen MR) is 64.8 cm³/mol. The van der Waals surface area contributed by atoms with E-state index in [4.69, 9.17) is 11.1 Å². The molecule has 0 saturated carbocycles. The molecule has 0 unspecified atom stereocenters. The fourth-order valence-electron chi connectivity index (χ4n) is 1.35. The van der Waals surface area contributed by atoms with Gasteiger partial charge in [-0.3, -0.25) is 4.79 Å². The van der Waals surface area contributed by atoms with Crippen LogP contribution in [0.1, 0.15) is 33.6 Å². The Morgan fingerprint density at radius 3 is 2.07 bits per heavy atom. The summed E-state index contributed by atoms with van der Waals surface area (Å²) < 4.78 is 0. The molecular formula is C10H20ClNOSi. The summed E-state index contributed by atoms with van der Waals surface area (Å²) in [6.07, 6.45) is 2.04. The zero-order valence-electron chi connectivity index (χ0n) is 9.32. The van der Waals surface area contributed by atoms with Crippen LogP contribution in [0.25, 0.3) is 0 Å². The normalized spacial score (nSPS) is 11.1. The van der Waals surface area contributed by atoms with Crippen molar-refractivity contribution in [3.8, 4) is 0 Å². The highest BCUT2D eigenvalue weighted by atomic mass is 35.6. The number of hydrogen-bond donors (Lipinski definition) is 1. The molecule has 0 radical (unpaired) electrons. The SMILES string of the molecule is C=C(C)C(=O)N[Si](Cl)(CCC)CCC. The second-order valence-electron chi connectivity index (χ2n) is 3.70. The zero-order valence-corrected chi connectivity index (χ0v) is 11.1. The van der Waals surface area contributed by atoms with E-state index in [0.717, 1.165) is 24.9 Å². The molecule has 82 valence electrons. The van der Waals surface area contributed by atoms with Crippen molar-refractivity contribution in [1.29, 1.82) is 0 Å². The molecule has 0 fully saturated rings. The lowest BCUT2D eigenvalue weighted by atomic mass is 10.3. The van der Waals surface area contributed by atoms with Gasteiger partial charge in [-0.15, -0.1) is 11.1 Å². The molecule has 14 heavy (non-hydrogen) atoms. The molecule has 0 spiro atoms. The quantitative estimate of drug-likeness (QED) is 0.426. The minimum absolute atomic E-state index is 0.0893. The summed E-state index contributed by atoms with van der Waals surface area (Å²) in [5.41, 5.74) is 0.537. The lowest BCUT2D eigenvalue weighted by Gasteiger charge is -2.24. The predicted octanol–water partition coefficient (Wildman–Crippen LogP) is 3.18. The minimum Gasteiger partial charge on any atom is -0.365 e. The van der Waals surface area contributed by atoms with Crippen LogP contribution in [0.3, 0.4) is 0 Å². The molecule has 0 saturated heterocycles. The fourth-order valence-corrected chi connectivity index (χ4v) is 5.45. The van der Waals surface area contributed by atoms with Gasteiger partial charge in [0.05, 0.1) is 0 Å². The number of hydrogen-bond acceptors (Lipinski definition) is 1. The third-order valence-corrected chi connectivity index (χ3v) is 6.70. The van der Waals surface area contributed by atoms with E-state index >= 15 is 0 Å². The summed E-state index contributed by atoms with van der Waals surface area (Å²) in [4.78, 5) is 14.4. The van der Waals surface area contributed by atoms with Crippen molar-refractivity contribution in [1.82, 2.24) is 4.98 Å². The molecule has 0 heterocycles. The van der Waals surface area contributed by atoms with E-state index in [1.54, 1.807) is 6.92 Å². The molecule has 0 aromatic heterocycles. The average molecular weight is 234 g/mol. The largest absolute Gasteiger partial charge is 0.365 e. The Hall–Kier alpha value is -0.283. The van der Waals surface area contributed by atoms with Gasteiger partial charge < -0.3 is 4.98 Å². The van der Waals surface area contributed by atoms with E-state index in [1.807, 2.05) is 0 Å². The number of amides is 1. The van der Waals surface area contributed by atoms with E-state index in [0.29, 0.717) is 5.57 Å². The summed E-state index contributed by atoms with van der Waals surface area (Å²) in [7, 11) is -2.06. The average Bonchev–Trinajstić information content (AvgIpc) is 2.04. The van der Waals surface area contributed by atoms with E-state index in [9.17, 15) is 4.79 Å². The second kappa shape index (κ2) is 6.25. The highest BCUT2D eigenvalue weighted by molar-refractivity contribution is 7.19. The Bertz CT molecular complexity index is 212. The lowest BCUT2D eigenvalue weighted by molar-refractivity contribution is -0.116. The first kappa shape index (κ1) is 13.7. The first-order valence-electron chi connectivity index (χ1n) is 5.12. The Kier molecular flexibility index (Phi) is 6.12. The molecule has 0 atom stereocenters. The fraction of sp³-hybridized carbons (Fsp3) is 0.700. The Morgan fingerprint density at radius 2 is 1.79 bits per heavy atom.